The molecule has 1 aromatic rings. The number of nitrogens with zero attached hydrogens (tertiary/aromatic N) is 3. The van der Waals surface area contributed by atoms with Gasteiger partial charge in [0.15, 0.2) is 5.96 Å². The molecule has 0 atom stereocenters. The van der Waals surface area contributed by atoms with Crippen LogP contribution < -0.4 is 10.6 Å². The number of nitrogens with one attached hydrogen (secondary N) is 2. The van der Waals surface area contributed by atoms with Crippen LogP contribution in [0.15, 0.2) is 23.2 Å². The Balaban J connectivity index is 0.00000420. The number of ether oxygens (including phenoxy) is 1. The lowest BCUT2D eigenvalue weighted by atomic mass is 10.2. The lowest BCUT2D eigenvalue weighted by Crippen LogP contribution is -2.54. The van der Waals surface area contributed by atoms with Crippen LogP contribution in [-0.4, -0.2) is 81.2 Å². The van der Waals surface area contributed by atoms with Gasteiger partial charge >= 0.3 is 0 Å². The molecule has 0 aliphatic carbocycles. The number of guanidine groups is 1. The van der Waals surface area contributed by atoms with Crippen molar-refractivity contribution >= 4 is 35.8 Å². The smallest absolute Gasteiger partial charge is 0.234 e. The minimum atomic E-state index is -0.478. The average molecular weight is 525 g/mol. The zero-order valence-electron chi connectivity index (χ0n) is 16.9. The van der Waals surface area contributed by atoms with Crippen molar-refractivity contribution in [1.82, 2.24) is 20.4 Å². The van der Waals surface area contributed by atoms with E-state index in [1.54, 1.807) is 7.11 Å². The van der Waals surface area contributed by atoms with E-state index in [0.29, 0.717) is 45.3 Å². The monoisotopic (exact) mass is 525 g/mol. The second-order valence-corrected chi connectivity index (χ2v) is 6.51. The maximum absolute atomic E-state index is 13.8. The highest BCUT2D eigenvalue weighted by atomic mass is 127. The van der Waals surface area contributed by atoms with E-state index < -0.39 is 11.6 Å². The van der Waals surface area contributed by atoms with Gasteiger partial charge in [0.2, 0.25) is 5.91 Å². The highest BCUT2D eigenvalue weighted by Gasteiger charge is 2.21. The van der Waals surface area contributed by atoms with E-state index in [1.807, 2.05) is 6.92 Å². The number of rotatable bonds is 8. The van der Waals surface area contributed by atoms with Crippen molar-refractivity contribution in [3.63, 3.8) is 0 Å². The van der Waals surface area contributed by atoms with Crippen molar-refractivity contribution in [1.29, 1.82) is 0 Å². The fraction of sp³-hybridized carbons (Fsp3) is 0.579. The molecule has 1 aliphatic rings. The third-order valence-electron chi connectivity index (χ3n) is 4.41. The molecule has 29 heavy (non-hydrogen) atoms. The Morgan fingerprint density at radius 1 is 1.21 bits per heavy atom. The number of aliphatic imine (C=N–C) groups is 1. The molecule has 0 saturated carbocycles. The Kier molecular flexibility index (Phi) is 12.0. The molecule has 2 N–H and O–H groups in total. The first kappa shape index (κ1) is 25.5. The summed E-state index contributed by atoms with van der Waals surface area (Å²) in [5, 5.41) is 6.01. The van der Waals surface area contributed by atoms with Gasteiger partial charge in [0, 0.05) is 51.9 Å². The quantitative estimate of drug-likeness (QED) is 0.233. The van der Waals surface area contributed by atoms with Crippen LogP contribution >= 0.6 is 24.0 Å². The predicted octanol–water partition coefficient (Wildman–Crippen LogP) is 1.43. The first-order chi connectivity index (χ1) is 13.5. The van der Waals surface area contributed by atoms with Gasteiger partial charge in [-0.3, -0.25) is 9.69 Å². The number of piperazine rings is 1. The van der Waals surface area contributed by atoms with Gasteiger partial charge in [-0.1, -0.05) is 0 Å². The van der Waals surface area contributed by atoms with Gasteiger partial charge < -0.3 is 20.3 Å². The largest absolute Gasteiger partial charge is 0.383 e. The molecule has 1 fully saturated rings. The summed E-state index contributed by atoms with van der Waals surface area (Å²) in [7, 11) is 1.59. The molecule has 1 saturated heterocycles. The zero-order valence-corrected chi connectivity index (χ0v) is 19.2. The van der Waals surface area contributed by atoms with E-state index in [1.165, 1.54) is 6.07 Å². The molecule has 1 heterocycles. The minimum absolute atomic E-state index is 0. The summed E-state index contributed by atoms with van der Waals surface area (Å²) >= 11 is 0. The van der Waals surface area contributed by atoms with Gasteiger partial charge in [0.1, 0.15) is 11.6 Å². The Hall–Kier alpha value is -1.53. The number of halogens is 3. The Labute approximate surface area is 187 Å². The fourth-order valence-electron chi connectivity index (χ4n) is 2.92. The molecule has 164 valence electrons. The lowest BCUT2D eigenvalue weighted by molar-refractivity contribution is -0.122. The third-order valence-corrected chi connectivity index (χ3v) is 4.41. The van der Waals surface area contributed by atoms with Crippen LogP contribution in [0, 0.1) is 11.6 Å². The van der Waals surface area contributed by atoms with Gasteiger partial charge in [-0.2, -0.15) is 0 Å². The topological polar surface area (TPSA) is 69.2 Å². The molecule has 1 aliphatic heterocycles. The van der Waals surface area contributed by atoms with Gasteiger partial charge in [-0.25, -0.2) is 13.8 Å². The molecule has 2 rings (SSSR count). The normalized spacial score (nSPS) is 15.0. The molecule has 0 radical (unpaired) electrons. The number of hydrogen-bond acceptors (Lipinski definition) is 4. The van der Waals surface area contributed by atoms with E-state index in [4.69, 9.17) is 4.74 Å². The Morgan fingerprint density at radius 3 is 2.59 bits per heavy atom. The Bertz CT molecular complexity index is 670. The van der Waals surface area contributed by atoms with Crippen LogP contribution in [-0.2, 0) is 16.1 Å². The van der Waals surface area contributed by atoms with Crippen LogP contribution in [0.3, 0.4) is 0 Å². The molecule has 1 amide bonds. The number of carbonyl (C=O) groups is 1. The highest BCUT2D eigenvalue weighted by molar-refractivity contribution is 14.0. The van der Waals surface area contributed by atoms with Gasteiger partial charge in [-0.05, 0) is 25.1 Å². The zero-order chi connectivity index (χ0) is 20.4. The second kappa shape index (κ2) is 13.6. The third kappa shape index (κ3) is 8.79. The number of amides is 1. The van der Waals surface area contributed by atoms with Gasteiger partial charge in [-0.15, -0.1) is 24.0 Å². The highest BCUT2D eigenvalue weighted by Crippen LogP contribution is 2.11. The molecular weight excluding hydrogens is 495 g/mol. The molecule has 0 bridgehead atoms. The molecule has 1 aromatic carbocycles. The van der Waals surface area contributed by atoms with Gasteiger partial charge in [0.05, 0.1) is 19.7 Å². The summed E-state index contributed by atoms with van der Waals surface area (Å²) in [5.41, 5.74) is 0.224. The summed E-state index contributed by atoms with van der Waals surface area (Å²) in [6.45, 7) is 6.87. The summed E-state index contributed by atoms with van der Waals surface area (Å²) in [6, 6.07) is 3.38. The minimum Gasteiger partial charge on any atom is -0.383 e. The Morgan fingerprint density at radius 2 is 1.93 bits per heavy atom. The summed E-state index contributed by atoms with van der Waals surface area (Å²) in [4.78, 5) is 20.5. The van der Waals surface area contributed by atoms with Crippen molar-refractivity contribution in [2.24, 2.45) is 4.99 Å². The molecule has 0 unspecified atom stereocenters. The van der Waals surface area contributed by atoms with Crippen molar-refractivity contribution in [2.45, 2.75) is 13.5 Å². The number of carbonyl (C=O) groups excluding carboxylic acids is 1. The van der Waals surface area contributed by atoms with Crippen molar-refractivity contribution in [3.05, 3.63) is 35.4 Å². The SMILES string of the molecule is CCNC(=NCc1cc(F)ccc1F)N1CCN(CC(=O)NCCOC)CC1.I. The molecule has 7 nitrogen and oxygen atoms in total. The summed E-state index contributed by atoms with van der Waals surface area (Å²) in [5.74, 6) is -0.303. The molecule has 10 heteroatoms. The van der Waals surface area contributed by atoms with Crippen LogP contribution in [0.25, 0.3) is 0 Å². The fourth-order valence-corrected chi connectivity index (χ4v) is 2.92. The standard InChI is InChI=1S/C19H29F2N5O2.HI/c1-3-22-19(24-13-15-12-16(20)4-5-17(15)21)26-9-7-25(8-10-26)14-18(27)23-6-11-28-2;/h4-5,12H,3,6-11,13-14H2,1-2H3,(H,22,24)(H,23,27);1H. The first-order valence-corrected chi connectivity index (χ1v) is 9.48. The predicted molar refractivity (Wildman–Crippen MR) is 119 cm³/mol. The van der Waals surface area contributed by atoms with E-state index in [0.717, 1.165) is 25.2 Å². The van der Waals surface area contributed by atoms with E-state index in [-0.39, 0.29) is 42.0 Å². The van der Waals surface area contributed by atoms with Gasteiger partial charge in [0.25, 0.3) is 0 Å². The molecule has 0 spiro atoms. The molecule has 0 aromatic heterocycles. The van der Waals surface area contributed by atoms with Crippen LogP contribution in [0.2, 0.25) is 0 Å². The lowest BCUT2D eigenvalue weighted by Gasteiger charge is -2.36. The van der Waals surface area contributed by atoms with Crippen molar-refractivity contribution < 1.29 is 18.3 Å². The maximum atomic E-state index is 13.8. The van der Waals surface area contributed by atoms with Crippen LogP contribution in [0.4, 0.5) is 8.78 Å². The summed E-state index contributed by atoms with van der Waals surface area (Å²) < 4.78 is 32.1. The van der Waals surface area contributed by atoms with E-state index in [2.05, 4.69) is 25.4 Å². The summed E-state index contributed by atoms with van der Waals surface area (Å²) in [6.07, 6.45) is 0. The molecular formula is C19H30F2IN5O2. The number of benzene rings is 1. The van der Waals surface area contributed by atoms with Crippen molar-refractivity contribution in [3.8, 4) is 0 Å². The number of hydrogen-bond donors (Lipinski definition) is 2. The second-order valence-electron chi connectivity index (χ2n) is 6.51. The van der Waals surface area contributed by atoms with Crippen LogP contribution in [0.1, 0.15) is 12.5 Å². The average Bonchev–Trinajstić information content (AvgIpc) is 2.68. The van der Waals surface area contributed by atoms with E-state index in [9.17, 15) is 13.6 Å². The maximum Gasteiger partial charge on any atom is 0.234 e. The van der Waals surface area contributed by atoms with Crippen LogP contribution in [0.5, 0.6) is 0 Å². The first-order valence-electron chi connectivity index (χ1n) is 9.48. The number of methoxy groups -OCH3 is 1. The van der Waals surface area contributed by atoms with Crippen molar-refractivity contribution in [2.75, 3.05) is 59.5 Å². The van der Waals surface area contributed by atoms with E-state index >= 15 is 0 Å².